The van der Waals surface area contributed by atoms with E-state index in [-0.39, 0.29) is 0 Å². The Labute approximate surface area is 93.8 Å². The van der Waals surface area contributed by atoms with E-state index < -0.39 is 0 Å². The van der Waals surface area contributed by atoms with E-state index in [0.717, 1.165) is 5.56 Å². The first-order chi connectivity index (χ1) is 7.16. The maximum atomic E-state index is 5.55. The molecule has 0 fully saturated rings. The third-order valence-electron chi connectivity index (χ3n) is 2.27. The van der Waals surface area contributed by atoms with Gasteiger partial charge in [0.05, 0.1) is 0 Å². The zero-order chi connectivity index (χ0) is 10.8. The molecule has 15 heavy (non-hydrogen) atoms. The number of anilines is 1. The monoisotopic (exact) mass is 218 g/mol. The van der Waals surface area contributed by atoms with Gasteiger partial charge < -0.3 is 5.73 Å². The molecule has 0 spiro atoms. The Bertz CT molecular complexity index is 443. The van der Waals surface area contributed by atoms with Crippen LogP contribution >= 0.6 is 11.3 Å². The average molecular weight is 218 g/mol. The summed E-state index contributed by atoms with van der Waals surface area (Å²) >= 11 is 1.82. The third-order valence-corrected chi connectivity index (χ3v) is 3.70. The van der Waals surface area contributed by atoms with Crippen LogP contribution in [-0.2, 0) is 0 Å². The lowest BCUT2D eigenvalue weighted by atomic mass is 10.2. The summed E-state index contributed by atoms with van der Waals surface area (Å²) in [5, 5.41) is 0. The number of pyridine rings is 1. The summed E-state index contributed by atoms with van der Waals surface area (Å²) in [5.41, 5.74) is 6.69. The highest BCUT2D eigenvalue weighted by atomic mass is 32.1. The Balaban J connectivity index is 2.33. The minimum atomic E-state index is 0.569. The van der Waals surface area contributed by atoms with Crippen LogP contribution in [0.2, 0.25) is 0 Å². The Morgan fingerprint density at radius 2 is 2.00 bits per heavy atom. The van der Waals surface area contributed by atoms with Gasteiger partial charge in [-0.3, -0.25) is 0 Å². The van der Waals surface area contributed by atoms with Gasteiger partial charge in [-0.1, -0.05) is 13.8 Å². The molecule has 2 nitrogen and oxygen atoms in total. The van der Waals surface area contributed by atoms with Gasteiger partial charge in [-0.15, -0.1) is 11.3 Å². The number of nitrogens with two attached hydrogens (primary N) is 1. The topological polar surface area (TPSA) is 38.9 Å². The first kappa shape index (κ1) is 10.2. The molecule has 0 saturated heterocycles. The SMILES string of the molecule is CC(C)c1ccc(-c2ccc(N)nc2)s1. The lowest BCUT2D eigenvalue weighted by Crippen LogP contribution is -1.87. The molecule has 0 aliphatic carbocycles. The lowest BCUT2D eigenvalue weighted by molar-refractivity contribution is 0.890. The van der Waals surface area contributed by atoms with Crippen LogP contribution in [-0.4, -0.2) is 4.98 Å². The van der Waals surface area contributed by atoms with Crippen LogP contribution in [0.15, 0.2) is 30.5 Å². The van der Waals surface area contributed by atoms with Crippen molar-refractivity contribution in [3.8, 4) is 10.4 Å². The van der Waals surface area contributed by atoms with Crippen LogP contribution in [0.5, 0.6) is 0 Å². The average Bonchev–Trinajstić information content (AvgIpc) is 2.68. The summed E-state index contributed by atoms with van der Waals surface area (Å²) in [6.07, 6.45) is 1.82. The van der Waals surface area contributed by atoms with Gasteiger partial charge in [0.1, 0.15) is 5.82 Å². The van der Waals surface area contributed by atoms with Gasteiger partial charge in [0.2, 0.25) is 0 Å². The second-order valence-electron chi connectivity index (χ2n) is 3.83. The molecule has 3 heteroatoms. The standard InChI is InChI=1S/C12H14N2S/c1-8(2)10-4-5-11(15-10)9-3-6-12(13)14-7-9/h3-8H,1-2H3,(H2,13,14). The predicted molar refractivity (Wildman–Crippen MR) is 66.1 cm³/mol. The Morgan fingerprint density at radius 1 is 1.20 bits per heavy atom. The fraction of sp³-hybridized carbons (Fsp3) is 0.250. The summed E-state index contributed by atoms with van der Waals surface area (Å²) in [6.45, 7) is 4.41. The van der Waals surface area contributed by atoms with Crippen molar-refractivity contribution in [1.82, 2.24) is 4.98 Å². The van der Waals surface area contributed by atoms with E-state index in [4.69, 9.17) is 5.73 Å². The first-order valence-corrected chi connectivity index (χ1v) is 5.80. The van der Waals surface area contributed by atoms with Crippen molar-refractivity contribution < 1.29 is 0 Å². The van der Waals surface area contributed by atoms with Crippen LogP contribution in [0.3, 0.4) is 0 Å². The highest BCUT2D eigenvalue weighted by molar-refractivity contribution is 7.15. The quantitative estimate of drug-likeness (QED) is 0.837. The summed E-state index contributed by atoms with van der Waals surface area (Å²) in [7, 11) is 0. The molecule has 0 saturated carbocycles. The summed E-state index contributed by atoms with van der Waals surface area (Å²) in [6, 6.07) is 8.18. The van der Waals surface area contributed by atoms with Gasteiger partial charge in [-0.25, -0.2) is 4.98 Å². The Hall–Kier alpha value is -1.35. The Kier molecular flexibility index (Phi) is 2.73. The molecule has 0 aliphatic heterocycles. The molecule has 0 bridgehead atoms. The largest absolute Gasteiger partial charge is 0.384 e. The highest BCUT2D eigenvalue weighted by Crippen LogP contribution is 2.31. The minimum Gasteiger partial charge on any atom is -0.384 e. The van der Waals surface area contributed by atoms with Gasteiger partial charge >= 0.3 is 0 Å². The smallest absolute Gasteiger partial charge is 0.123 e. The second kappa shape index (κ2) is 4.03. The van der Waals surface area contributed by atoms with Crippen LogP contribution in [0, 0.1) is 0 Å². The van der Waals surface area contributed by atoms with Gasteiger partial charge in [0, 0.05) is 21.5 Å². The maximum absolute atomic E-state index is 5.55. The summed E-state index contributed by atoms with van der Waals surface area (Å²) < 4.78 is 0. The molecule has 0 radical (unpaired) electrons. The van der Waals surface area contributed by atoms with Gasteiger partial charge in [0.25, 0.3) is 0 Å². The number of hydrogen-bond acceptors (Lipinski definition) is 3. The van der Waals surface area contributed by atoms with Crippen LogP contribution in [0.4, 0.5) is 5.82 Å². The van der Waals surface area contributed by atoms with Gasteiger partial charge in [0.15, 0.2) is 0 Å². The van der Waals surface area contributed by atoms with Crippen molar-refractivity contribution in [2.24, 2.45) is 0 Å². The van der Waals surface area contributed by atoms with Gasteiger partial charge in [-0.05, 0) is 30.2 Å². The number of thiophene rings is 1. The zero-order valence-electron chi connectivity index (χ0n) is 8.90. The minimum absolute atomic E-state index is 0.569. The molecule has 0 amide bonds. The first-order valence-electron chi connectivity index (χ1n) is 4.98. The molecular formula is C12H14N2S. The van der Waals surface area contributed by atoms with E-state index in [2.05, 4.69) is 31.0 Å². The lowest BCUT2D eigenvalue weighted by Gasteiger charge is -1.99. The van der Waals surface area contributed by atoms with Crippen molar-refractivity contribution in [3.63, 3.8) is 0 Å². The van der Waals surface area contributed by atoms with E-state index in [1.54, 1.807) is 0 Å². The number of nitrogens with zero attached hydrogens (tertiary/aromatic N) is 1. The van der Waals surface area contributed by atoms with Crippen molar-refractivity contribution in [2.75, 3.05) is 5.73 Å². The molecule has 2 N–H and O–H groups in total. The summed E-state index contributed by atoms with van der Waals surface area (Å²) in [4.78, 5) is 6.75. The van der Waals surface area contributed by atoms with Crippen LogP contribution < -0.4 is 5.73 Å². The molecule has 2 heterocycles. The molecule has 0 unspecified atom stereocenters. The van der Waals surface area contributed by atoms with Crippen LogP contribution in [0.25, 0.3) is 10.4 Å². The molecule has 2 aromatic rings. The molecular weight excluding hydrogens is 204 g/mol. The molecule has 0 aromatic carbocycles. The van der Waals surface area contributed by atoms with E-state index >= 15 is 0 Å². The number of hydrogen-bond donors (Lipinski definition) is 1. The Morgan fingerprint density at radius 3 is 2.53 bits per heavy atom. The summed E-state index contributed by atoms with van der Waals surface area (Å²) in [5.74, 6) is 1.16. The molecule has 78 valence electrons. The fourth-order valence-electron chi connectivity index (χ4n) is 1.37. The molecule has 2 aromatic heterocycles. The molecule has 0 atom stereocenters. The van der Waals surface area contributed by atoms with E-state index in [9.17, 15) is 0 Å². The number of rotatable bonds is 2. The fourth-order valence-corrected chi connectivity index (χ4v) is 2.37. The second-order valence-corrected chi connectivity index (χ2v) is 4.94. The van der Waals surface area contributed by atoms with E-state index in [1.807, 2.05) is 29.7 Å². The molecule has 2 rings (SSSR count). The van der Waals surface area contributed by atoms with Crippen molar-refractivity contribution >= 4 is 17.2 Å². The zero-order valence-corrected chi connectivity index (χ0v) is 9.71. The number of nitrogen functional groups attached to an aromatic ring is 1. The van der Waals surface area contributed by atoms with Crippen molar-refractivity contribution in [3.05, 3.63) is 35.3 Å². The normalized spacial score (nSPS) is 10.9. The van der Waals surface area contributed by atoms with Crippen molar-refractivity contribution in [1.29, 1.82) is 0 Å². The molecule has 0 aliphatic rings. The van der Waals surface area contributed by atoms with E-state index in [0.29, 0.717) is 11.7 Å². The number of aromatic nitrogens is 1. The van der Waals surface area contributed by atoms with Crippen LogP contribution in [0.1, 0.15) is 24.6 Å². The van der Waals surface area contributed by atoms with Crippen molar-refractivity contribution in [2.45, 2.75) is 19.8 Å². The maximum Gasteiger partial charge on any atom is 0.123 e. The van der Waals surface area contributed by atoms with Gasteiger partial charge in [-0.2, -0.15) is 0 Å². The highest BCUT2D eigenvalue weighted by Gasteiger charge is 2.05. The third kappa shape index (κ3) is 2.18. The predicted octanol–water partition coefficient (Wildman–Crippen LogP) is 3.52. The van der Waals surface area contributed by atoms with E-state index in [1.165, 1.54) is 9.75 Å².